The van der Waals surface area contributed by atoms with E-state index in [4.69, 9.17) is 4.74 Å². The Balaban J connectivity index is 2.36. The summed E-state index contributed by atoms with van der Waals surface area (Å²) in [5, 5.41) is 20.3. The lowest BCUT2D eigenvalue weighted by Crippen LogP contribution is -2.08. The zero-order chi connectivity index (χ0) is 17.9. The predicted octanol–water partition coefficient (Wildman–Crippen LogP) is 4.49. The van der Waals surface area contributed by atoms with Crippen molar-refractivity contribution in [1.29, 1.82) is 0 Å². The van der Waals surface area contributed by atoms with Gasteiger partial charge in [0.2, 0.25) is 0 Å². The number of phenolic OH excluding ortho intramolecular Hbond substituents is 2. The summed E-state index contributed by atoms with van der Waals surface area (Å²) in [5.74, 6) is 0.530. The number of carbonyl (C=O) groups is 1. The molecule has 0 fully saturated rings. The van der Waals surface area contributed by atoms with E-state index in [9.17, 15) is 15.0 Å². The summed E-state index contributed by atoms with van der Waals surface area (Å²) in [4.78, 5) is 12.8. The van der Waals surface area contributed by atoms with E-state index >= 15 is 0 Å². The molecule has 0 heterocycles. The number of hydrogen-bond acceptors (Lipinski definition) is 4. The number of carbonyl (C=O) groups excluding carboxylic acids is 1. The van der Waals surface area contributed by atoms with Crippen molar-refractivity contribution >= 4 is 5.78 Å². The van der Waals surface area contributed by atoms with Gasteiger partial charge in [-0.15, -0.1) is 0 Å². The highest BCUT2D eigenvalue weighted by Gasteiger charge is 2.21. The highest BCUT2D eigenvalue weighted by molar-refractivity contribution is 6.12. The maximum atomic E-state index is 12.8. The summed E-state index contributed by atoms with van der Waals surface area (Å²) in [6.07, 6.45) is 0. The van der Waals surface area contributed by atoms with Crippen LogP contribution in [0.3, 0.4) is 0 Å². The monoisotopic (exact) mass is 328 g/mol. The van der Waals surface area contributed by atoms with E-state index in [1.54, 1.807) is 30.3 Å². The summed E-state index contributed by atoms with van der Waals surface area (Å²) in [5.41, 5.74) is 1.18. The molecular weight excluding hydrogens is 304 g/mol. The van der Waals surface area contributed by atoms with E-state index in [-0.39, 0.29) is 28.8 Å². The van der Waals surface area contributed by atoms with Crippen molar-refractivity contribution in [1.82, 2.24) is 0 Å². The van der Waals surface area contributed by atoms with Gasteiger partial charge in [-0.3, -0.25) is 4.79 Å². The number of benzene rings is 2. The van der Waals surface area contributed by atoms with Crippen molar-refractivity contribution in [3.05, 3.63) is 53.1 Å². The van der Waals surface area contributed by atoms with Crippen LogP contribution in [0.5, 0.6) is 17.2 Å². The lowest BCUT2D eigenvalue weighted by Gasteiger charge is -2.15. The van der Waals surface area contributed by atoms with Gasteiger partial charge in [-0.1, -0.05) is 39.8 Å². The first-order valence-electron chi connectivity index (χ1n) is 8.13. The van der Waals surface area contributed by atoms with Crippen LogP contribution in [0.4, 0.5) is 0 Å². The van der Waals surface area contributed by atoms with Crippen molar-refractivity contribution < 1.29 is 19.7 Å². The second kappa shape index (κ2) is 7.39. The number of hydrogen-bond donors (Lipinski definition) is 2. The van der Waals surface area contributed by atoms with Gasteiger partial charge in [0.1, 0.15) is 17.2 Å². The molecule has 0 aromatic heterocycles. The third kappa shape index (κ3) is 3.88. The molecule has 2 rings (SSSR count). The molecule has 0 radical (unpaired) electrons. The predicted molar refractivity (Wildman–Crippen MR) is 94.1 cm³/mol. The Hall–Kier alpha value is -2.49. The third-order valence-corrected chi connectivity index (χ3v) is 3.70. The summed E-state index contributed by atoms with van der Waals surface area (Å²) < 4.78 is 5.56. The number of ketones is 1. The molecule has 0 spiro atoms. The summed E-state index contributed by atoms with van der Waals surface area (Å²) in [6.45, 7) is 8.43. The van der Waals surface area contributed by atoms with Crippen LogP contribution in [0.2, 0.25) is 0 Å². The van der Waals surface area contributed by atoms with E-state index in [2.05, 4.69) is 0 Å². The minimum atomic E-state index is -0.317. The molecule has 0 saturated heterocycles. The lowest BCUT2D eigenvalue weighted by atomic mass is 9.91. The molecular formula is C20H24O4. The first kappa shape index (κ1) is 17.9. The SMILES string of the molecule is CC(C)COc1ccc(C(=O)c2cccc(O)c2C(C)C)c(O)c1. The van der Waals surface area contributed by atoms with Gasteiger partial charge in [-0.2, -0.15) is 0 Å². The molecule has 2 N–H and O–H groups in total. The van der Waals surface area contributed by atoms with Crippen molar-refractivity contribution in [2.45, 2.75) is 33.6 Å². The van der Waals surface area contributed by atoms with Crippen molar-refractivity contribution in [2.24, 2.45) is 5.92 Å². The molecule has 4 heteroatoms. The molecule has 24 heavy (non-hydrogen) atoms. The molecule has 0 atom stereocenters. The van der Waals surface area contributed by atoms with E-state index in [0.717, 1.165) is 0 Å². The van der Waals surface area contributed by atoms with Crippen LogP contribution < -0.4 is 4.74 Å². The fraction of sp³-hybridized carbons (Fsp3) is 0.350. The Morgan fingerprint density at radius 1 is 1.00 bits per heavy atom. The minimum absolute atomic E-state index is 0.0130. The molecule has 0 aliphatic rings. The lowest BCUT2D eigenvalue weighted by molar-refractivity contribution is 0.103. The van der Waals surface area contributed by atoms with E-state index in [0.29, 0.717) is 29.4 Å². The van der Waals surface area contributed by atoms with Gasteiger partial charge in [0.25, 0.3) is 0 Å². The summed E-state index contributed by atoms with van der Waals surface area (Å²) in [6, 6.07) is 9.54. The van der Waals surface area contributed by atoms with Gasteiger partial charge in [-0.25, -0.2) is 0 Å². The molecule has 0 bridgehead atoms. The number of phenols is 2. The van der Waals surface area contributed by atoms with Gasteiger partial charge in [0.05, 0.1) is 12.2 Å². The smallest absolute Gasteiger partial charge is 0.197 e. The van der Waals surface area contributed by atoms with Crippen LogP contribution in [0.1, 0.15) is 55.1 Å². The van der Waals surface area contributed by atoms with Gasteiger partial charge in [0.15, 0.2) is 5.78 Å². The number of ether oxygens (including phenoxy) is 1. The molecule has 0 saturated carbocycles. The Labute approximate surface area is 142 Å². The topological polar surface area (TPSA) is 66.8 Å². The van der Waals surface area contributed by atoms with Crippen LogP contribution in [0.25, 0.3) is 0 Å². The number of aromatic hydroxyl groups is 2. The fourth-order valence-corrected chi connectivity index (χ4v) is 2.56. The van der Waals surface area contributed by atoms with Crippen LogP contribution >= 0.6 is 0 Å². The number of rotatable bonds is 6. The molecule has 2 aromatic carbocycles. The Morgan fingerprint density at radius 3 is 2.29 bits per heavy atom. The van der Waals surface area contributed by atoms with Gasteiger partial charge < -0.3 is 14.9 Å². The Morgan fingerprint density at radius 2 is 1.71 bits per heavy atom. The van der Waals surface area contributed by atoms with Gasteiger partial charge in [-0.05, 0) is 30.0 Å². The highest BCUT2D eigenvalue weighted by Crippen LogP contribution is 2.33. The van der Waals surface area contributed by atoms with Crippen LogP contribution in [0.15, 0.2) is 36.4 Å². The molecule has 0 aliphatic heterocycles. The first-order valence-corrected chi connectivity index (χ1v) is 8.13. The quantitative estimate of drug-likeness (QED) is 0.767. The molecule has 0 unspecified atom stereocenters. The fourth-order valence-electron chi connectivity index (χ4n) is 2.56. The maximum Gasteiger partial charge on any atom is 0.197 e. The molecule has 128 valence electrons. The molecule has 0 aliphatic carbocycles. The van der Waals surface area contributed by atoms with Gasteiger partial charge in [0, 0.05) is 17.2 Å². The standard InChI is InChI=1S/C20H24O4/c1-12(2)11-24-14-8-9-15(18(22)10-14)20(23)16-6-5-7-17(21)19(16)13(3)4/h5-10,12-13,21-22H,11H2,1-4H3. The van der Waals surface area contributed by atoms with Crippen molar-refractivity contribution in [3.63, 3.8) is 0 Å². The van der Waals surface area contributed by atoms with E-state index in [1.807, 2.05) is 27.7 Å². The van der Waals surface area contributed by atoms with E-state index in [1.165, 1.54) is 6.07 Å². The largest absolute Gasteiger partial charge is 0.508 e. The minimum Gasteiger partial charge on any atom is -0.508 e. The second-order valence-corrected chi connectivity index (χ2v) is 6.61. The maximum absolute atomic E-state index is 12.8. The average molecular weight is 328 g/mol. The molecule has 0 amide bonds. The van der Waals surface area contributed by atoms with Crippen molar-refractivity contribution in [3.8, 4) is 17.2 Å². The van der Waals surface area contributed by atoms with Crippen LogP contribution in [-0.4, -0.2) is 22.6 Å². The van der Waals surface area contributed by atoms with Crippen LogP contribution in [-0.2, 0) is 0 Å². The van der Waals surface area contributed by atoms with Crippen molar-refractivity contribution in [2.75, 3.05) is 6.61 Å². The zero-order valence-electron chi connectivity index (χ0n) is 14.5. The normalized spacial score (nSPS) is 11.1. The van der Waals surface area contributed by atoms with E-state index < -0.39 is 0 Å². The Bertz CT molecular complexity index is 732. The highest BCUT2D eigenvalue weighted by atomic mass is 16.5. The van der Waals surface area contributed by atoms with Crippen LogP contribution in [0, 0.1) is 5.92 Å². The third-order valence-electron chi connectivity index (χ3n) is 3.70. The zero-order valence-corrected chi connectivity index (χ0v) is 14.5. The summed E-state index contributed by atoms with van der Waals surface area (Å²) >= 11 is 0. The van der Waals surface area contributed by atoms with Gasteiger partial charge >= 0.3 is 0 Å². The average Bonchev–Trinajstić information content (AvgIpc) is 2.51. The Kier molecular flexibility index (Phi) is 5.50. The molecule has 2 aromatic rings. The summed E-state index contributed by atoms with van der Waals surface area (Å²) in [7, 11) is 0. The first-order chi connectivity index (χ1) is 11.3. The molecule has 4 nitrogen and oxygen atoms in total. The second-order valence-electron chi connectivity index (χ2n) is 6.61.